The highest BCUT2D eigenvalue weighted by atomic mass is 32.1. The summed E-state index contributed by atoms with van der Waals surface area (Å²) in [4.78, 5) is 1.15. The van der Waals surface area contributed by atoms with Gasteiger partial charge in [-0.2, -0.15) is 0 Å². The number of nitrogens with zero attached hydrogens (tertiary/aromatic N) is 1. The van der Waals surface area contributed by atoms with Crippen molar-refractivity contribution in [3.8, 4) is 10.6 Å². The van der Waals surface area contributed by atoms with E-state index >= 15 is 0 Å². The molecule has 90 valence electrons. The summed E-state index contributed by atoms with van der Waals surface area (Å²) in [5, 5.41) is 9.80. The summed E-state index contributed by atoms with van der Waals surface area (Å²) in [5.41, 5.74) is 1.05. The lowest BCUT2D eigenvalue weighted by Gasteiger charge is -2.11. The van der Waals surface area contributed by atoms with E-state index in [9.17, 15) is 0 Å². The van der Waals surface area contributed by atoms with Gasteiger partial charge in [0.25, 0.3) is 0 Å². The van der Waals surface area contributed by atoms with Crippen LogP contribution in [0.25, 0.3) is 10.6 Å². The van der Waals surface area contributed by atoms with Crippen LogP contribution >= 0.6 is 11.3 Å². The maximum atomic E-state index is 5.42. The minimum absolute atomic E-state index is 0.370. The van der Waals surface area contributed by atoms with Gasteiger partial charge in [-0.05, 0) is 30.8 Å². The smallest absolute Gasteiger partial charge is 0.177 e. The van der Waals surface area contributed by atoms with Gasteiger partial charge in [0, 0.05) is 6.07 Å². The van der Waals surface area contributed by atoms with Crippen molar-refractivity contribution in [3.63, 3.8) is 0 Å². The van der Waals surface area contributed by atoms with Crippen molar-refractivity contribution < 1.29 is 4.52 Å². The number of hydrogen-bond donors (Lipinski definition) is 1. The van der Waals surface area contributed by atoms with E-state index in [1.54, 1.807) is 11.3 Å². The maximum absolute atomic E-state index is 5.42. The fourth-order valence-corrected chi connectivity index (χ4v) is 2.94. The number of rotatable bonds is 2. The van der Waals surface area contributed by atoms with Gasteiger partial charge < -0.3 is 9.84 Å². The van der Waals surface area contributed by atoms with Gasteiger partial charge >= 0.3 is 0 Å². The van der Waals surface area contributed by atoms with E-state index < -0.39 is 0 Å². The van der Waals surface area contributed by atoms with Gasteiger partial charge in [-0.1, -0.05) is 24.1 Å². The SMILES string of the molecule is c1csc(-c2cc([C@@H]3CCCCCN3)no2)c1. The summed E-state index contributed by atoms with van der Waals surface area (Å²) in [7, 11) is 0. The third-order valence-corrected chi connectivity index (χ3v) is 4.09. The zero-order chi connectivity index (χ0) is 11.5. The van der Waals surface area contributed by atoms with Crippen LogP contribution in [0.3, 0.4) is 0 Å². The first-order valence-corrected chi connectivity index (χ1v) is 7.05. The van der Waals surface area contributed by atoms with Crippen molar-refractivity contribution in [2.45, 2.75) is 31.7 Å². The van der Waals surface area contributed by atoms with Crippen molar-refractivity contribution in [1.29, 1.82) is 0 Å². The first-order valence-electron chi connectivity index (χ1n) is 6.17. The van der Waals surface area contributed by atoms with E-state index in [0.29, 0.717) is 6.04 Å². The Kier molecular flexibility index (Phi) is 3.25. The van der Waals surface area contributed by atoms with E-state index in [1.165, 1.54) is 19.3 Å². The van der Waals surface area contributed by atoms with E-state index in [4.69, 9.17) is 4.52 Å². The zero-order valence-corrected chi connectivity index (χ0v) is 10.5. The number of thiophene rings is 1. The van der Waals surface area contributed by atoms with Gasteiger partial charge in [0.1, 0.15) is 5.69 Å². The highest BCUT2D eigenvalue weighted by Gasteiger charge is 2.18. The summed E-state index contributed by atoms with van der Waals surface area (Å²) in [6, 6.07) is 6.55. The molecule has 1 aliphatic heterocycles. The fraction of sp³-hybridized carbons (Fsp3) is 0.462. The van der Waals surface area contributed by atoms with Crippen LogP contribution in [0.4, 0.5) is 0 Å². The van der Waals surface area contributed by atoms with Crippen molar-refractivity contribution >= 4 is 11.3 Å². The fourth-order valence-electron chi connectivity index (χ4n) is 2.27. The standard InChI is InChI=1S/C13H16N2OS/c1-2-5-10(14-7-3-1)11-9-12(16-15-11)13-6-4-8-17-13/h4,6,8-10,14H,1-3,5,7H2/t10-/m0/s1. The van der Waals surface area contributed by atoms with E-state index in [0.717, 1.165) is 29.3 Å². The first kappa shape index (κ1) is 11.0. The molecule has 1 saturated heterocycles. The Morgan fingerprint density at radius 1 is 1.35 bits per heavy atom. The van der Waals surface area contributed by atoms with Gasteiger partial charge in [0.05, 0.1) is 10.9 Å². The minimum Gasteiger partial charge on any atom is -0.355 e. The average Bonchev–Trinajstić information content (AvgIpc) is 2.95. The van der Waals surface area contributed by atoms with Crippen LogP contribution in [-0.4, -0.2) is 11.7 Å². The van der Waals surface area contributed by atoms with Gasteiger partial charge in [0.2, 0.25) is 0 Å². The summed E-state index contributed by atoms with van der Waals surface area (Å²) in [5.74, 6) is 0.890. The van der Waals surface area contributed by atoms with Crippen LogP contribution in [0.2, 0.25) is 0 Å². The molecule has 17 heavy (non-hydrogen) atoms. The van der Waals surface area contributed by atoms with Crippen molar-refractivity contribution in [1.82, 2.24) is 10.5 Å². The number of nitrogens with one attached hydrogen (secondary N) is 1. The molecule has 0 saturated carbocycles. The highest BCUT2D eigenvalue weighted by Crippen LogP contribution is 2.29. The molecule has 0 amide bonds. The monoisotopic (exact) mass is 248 g/mol. The van der Waals surface area contributed by atoms with Crippen molar-refractivity contribution in [2.24, 2.45) is 0 Å². The molecule has 2 aromatic heterocycles. The Balaban J connectivity index is 1.79. The topological polar surface area (TPSA) is 38.1 Å². The average molecular weight is 248 g/mol. The molecule has 1 aliphatic rings. The Hall–Kier alpha value is -1.13. The van der Waals surface area contributed by atoms with Gasteiger partial charge in [-0.3, -0.25) is 0 Å². The molecule has 3 heterocycles. The van der Waals surface area contributed by atoms with E-state index in [2.05, 4.69) is 28.0 Å². The molecule has 3 nitrogen and oxygen atoms in total. The Morgan fingerprint density at radius 2 is 2.35 bits per heavy atom. The van der Waals surface area contributed by atoms with Crippen LogP contribution in [0, 0.1) is 0 Å². The predicted molar refractivity (Wildman–Crippen MR) is 69.0 cm³/mol. The molecule has 2 aromatic rings. The summed E-state index contributed by atoms with van der Waals surface area (Å²) in [6.07, 6.45) is 5.03. The third kappa shape index (κ3) is 2.42. The molecular formula is C13H16N2OS. The second-order valence-corrected chi connectivity index (χ2v) is 5.40. The molecule has 1 fully saturated rings. The molecule has 0 bridgehead atoms. The van der Waals surface area contributed by atoms with Crippen LogP contribution in [0.15, 0.2) is 28.1 Å². The van der Waals surface area contributed by atoms with Crippen molar-refractivity contribution in [2.75, 3.05) is 6.54 Å². The van der Waals surface area contributed by atoms with E-state index in [1.807, 2.05) is 6.07 Å². The van der Waals surface area contributed by atoms with Crippen LogP contribution in [0.1, 0.15) is 37.4 Å². The highest BCUT2D eigenvalue weighted by molar-refractivity contribution is 7.13. The van der Waals surface area contributed by atoms with Gasteiger partial charge in [0.15, 0.2) is 5.76 Å². The number of aromatic nitrogens is 1. The normalized spacial score (nSPS) is 21.3. The third-order valence-electron chi connectivity index (χ3n) is 3.21. The predicted octanol–water partition coefficient (Wildman–Crippen LogP) is 3.61. The lowest BCUT2D eigenvalue weighted by Crippen LogP contribution is -2.20. The Labute approximate surface area is 105 Å². The molecule has 1 atom stereocenters. The molecule has 3 rings (SSSR count). The largest absolute Gasteiger partial charge is 0.355 e. The van der Waals surface area contributed by atoms with Crippen LogP contribution < -0.4 is 5.32 Å². The van der Waals surface area contributed by atoms with E-state index in [-0.39, 0.29) is 0 Å². The molecule has 0 unspecified atom stereocenters. The summed E-state index contributed by atoms with van der Waals surface area (Å²) >= 11 is 1.69. The van der Waals surface area contributed by atoms with Crippen LogP contribution in [-0.2, 0) is 0 Å². The zero-order valence-electron chi connectivity index (χ0n) is 9.69. The first-order chi connectivity index (χ1) is 8.43. The minimum atomic E-state index is 0.370. The second kappa shape index (κ2) is 5.02. The maximum Gasteiger partial charge on any atom is 0.177 e. The molecule has 0 aromatic carbocycles. The van der Waals surface area contributed by atoms with Crippen molar-refractivity contribution in [3.05, 3.63) is 29.3 Å². The summed E-state index contributed by atoms with van der Waals surface area (Å²) in [6.45, 7) is 1.09. The molecule has 1 N–H and O–H groups in total. The lowest BCUT2D eigenvalue weighted by atomic mass is 10.1. The lowest BCUT2D eigenvalue weighted by molar-refractivity contribution is 0.403. The van der Waals surface area contributed by atoms with Crippen LogP contribution in [0.5, 0.6) is 0 Å². The number of hydrogen-bond acceptors (Lipinski definition) is 4. The molecular weight excluding hydrogens is 232 g/mol. The molecule has 0 radical (unpaired) electrons. The Morgan fingerprint density at radius 3 is 3.24 bits per heavy atom. The molecule has 4 heteroatoms. The van der Waals surface area contributed by atoms with Gasteiger partial charge in [-0.25, -0.2) is 0 Å². The van der Waals surface area contributed by atoms with Gasteiger partial charge in [-0.15, -0.1) is 11.3 Å². The summed E-state index contributed by atoms with van der Waals surface area (Å²) < 4.78 is 5.42. The quantitative estimate of drug-likeness (QED) is 0.882. The Bertz CT molecular complexity index is 455. The molecule has 0 spiro atoms. The molecule has 0 aliphatic carbocycles. The second-order valence-electron chi connectivity index (χ2n) is 4.45.